The number of nitrogens with zero attached hydrogens (tertiary/aromatic N) is 3. The van der Waals surface area contributed by atoms with Gasteiger partial charge in [0.15, 0.2) is 5.82 Å². The lowest BCUT2D eigenvalue weighted by atomic mass is 10.0. The smallest absolute Gasteiger partial charge is 0.243 e. The van der Waals surface area contributed by atoms with Gasteiger partial charge in [-0.15, -0.1) is 0 Å². The maximum Gasteiger partial charge on any atom is 0.243 e. The normalized spacial score (nSPS) is 15.7. The van der Waals surface area contributed by atoms with Crippen molar-refractivity contribution in [2.24, 2.45) is 0 Å². The van der Waals surface area contributed by atoms with E-state index in [2.05, 4.69) is 10.1 Å². The second-order valence-corrected chi connectivity index (χ2v) is 8.40. The van der Waals surface area contributed by atoms with E-state index in [9.17, 15) is 8.42 Å². The van der Waals surface area contributed by atoms with Gasteiger partial charge in [-0.2, -0.15) is 9.29 Å². The summed E-state index contributed by atoms with van der Waals surface area (Å²) in [6, 6.07) is 16.9. The van der Waals surface area contributed by atoms with Crippen molar-refractivity contribution < 1.29 is 12.9 Å². The first-order valence-corrected chi connectivity index (χ1v) is 9.90. The third kappa shape index (κ3) is 3.15. The van der Waals surface area contributed by atoms with E-state index < -0.39 is 10.0 Å². The maximum absolute atomic E-state index is 12.7. The van der Waals surface area contributed by atoms with Crippen LogP contribution in [0, 0.1) is 6.92 Å². The molecule has 1 aliphatic heterocycles. The van der Waals surface area contributed by atoms with Crippen LogP contribution in [0.5, 0.6) is 0 Å². The number of sulfonamides is 1. The van der Waals surface area contributed by atoms with Crippen molar-refractivity contribution in [3.8, 4) is 0 Å². The fraction of sp³-hybridized carbons (Fsp3) is 0.263. The van der Waals surface area contributed by atoms with Gasteiger partial charge >= 0.3 is 0 Å². The van der Waals surface area contributed by atoms with E-state index in [0.717, 1.165) is 11.1 Å². The van der Waals surface area contributed by atoms with Crippen LogP contribution in [0.25, 0.3) is 0 Å². The lowest BCUT2D eigenvalue weighted by Crippen LogP contribution is -2.48. The third-order valence-corrected chi connectivity index (χ3v) is 6.59. The highest BCUT2D eigenvalue weighted by molar-refractivity contribution is 7.89. The highest BCUT2D eigenvalue weighted by Gasteiger charge is 2.40. The van der Waals surface area contributed by atoms with Crippen molar-refractivity contribution in [2.75, 3.05) is 13.1 Å². The summed E-state index contributed by atoms with van der Waals surface area (Å²) in [5.41, 5.74) is 1.86. The highest BCUT2D eigenvalue weighted by Crippen LogP contribution is 2.32. The van der Waals surface area contributed by atoms with Crippen LogP contribution < -0.4 is 0 Å². The summed E-state index contributed by atoms with van der Waals surface area (Å²) in [6.07, 6.45) is 0.599. The zero-order valence-corrected chi connectivity index (χ0v) is 15.2. The Bertz CT molecular complexity index is 1010. The zero-order valence-electron chi connectivity index (χ0n) is 14.4. The molecule has 0 bridgehead atoms. The van der Waals surface area contributed by atoms with Crippen LogP contribution in [-0.4, -0.2) is 36.0 Å². The summed E-state index contributed by atoms with van der Waals surface area (Å²) in [5, 5.41) is 4.02. The first kappa shape index (κ1) is 16.9. The van der Waals surface area contributed by atoms with Crippen molar-refractivity contribution >= 4 is 10.0 Å². The van der Waals surface area contributed by atoms with Crippen molar-refractivity contribution in [3.63, 3.8) is 0 Å². The largest absolute Gasteiger partial charge is 0.339 e. The number of hydrogen-bond donors (Lipinski definition) is 0. The summed E-state index contributed by atoms with van der Waals surface area (Å²) in [5.74, 6) is 1.07. The minimum absolute atomic E-state index is 0.0502. The Kier molecular flexibility index (Phi) is 4.34. The Morgan fingerprint density at radius 3 is 2.50 bits per heavy atom. The summed E-state index contributed by atoms with van der Waals surface area (Å²) in [4.78, 5) is 4.79. The number of aromatic nitrogens is 2. The fourth-order valence-electron chi connectivity index (χ4n) is 3.06. The lowest BCUT2D eigenvalue weighted by Gasteiger charge is -2.36. The van der Waals surface area contributed by atoms with Gasteiger partial charge in [-0.25, -0.2) is 8.42 Å². The van der Waals surface area contributed by atoms with Gasteiger partial charge in [0.2, 0.25) is 15.9 Å². The van der Waals surface area contributed by atoms with E-state index in [0.29, 0.717) is 36.1 Å². The quantitative estimate of drug-likeness (QED) is 0.691. The molecule has 0 aliphatic carbocycles. The number of aryl methyl sites for hydroxylation is 1. The summed E-state index contributed by atoms with van der Waals surface area (Å²) < 4.78 is 32.2. The van der Waals surface area contributed by atoms with Crippen LogP contribution in [0.1, 0.15) is 28.8 Å². The van der Waals surface area contributed by atoms with Crippen LogP contribution in [0.15, 0.2) is 64.0 Å². The molecule has 0 N–H and O–H groups in total. The Labute approximate surface area is 152 Å². The average molecular weight is 369 g/mol. The van der Waals surface area contributed by atoms with E-state index in [1.807, 2.05) is 36.4 Å². The molecule has 1 aliphatic rings. The van der Waals surface area contributed by atoms with Crippen molar-refractivity contribution in [1.82, 2.24) is 14.4 Å². The van der Waals surface area contributed by atoms with Gasteiger partial charge in [0.25, 0.3) is 0 Å². The molecule has 1 aromatic heterocycles. The Morgan fingerprint density at radius 2 is 1.77 bits per heavy atom. The molecule has 3 aromatic rings. The maximum atomic E-state index is 12.7. The van der Waals surface area contributed by atoms with Gasteiger partial charge in [-0.3, -0.25) is 0 Å². The summed E-state index contributed by atoms with van der Waals surface area (Å²) >= 11 is 0. The van der Waals surface area contributed by atoms with Crippen molar-refractivity contribution in [1.29, 1.82) is 0 Å². The van der Waals surface area contributed by atoms with Crippen LogP contribution in [0.2, 0.25) is 0 Å². The minimum atomic E-state index is -3.47. The first-order valence-electron chi connectivity index (χ1n) is 8.46. The second-order valence-electron chi connectivity index (χ2n) is 6.50. The van der Waals surface area contributed by atoms with Gasteiger partial charge in [0.05, 0.1) is 10.8 Å². The second kappa shape index (κ2) is 6.66. The predicted molar refractivity (Wildman–Crippen MR) is 96.2 cm³/mol. The molecule has 1 saturated heterocycles. The van der Waals surface area contributed by atoms with E-state index in [-0.39, 0.29) is 5.92 Å². The molecular formula is C19H19N3O3S. The Morgan fingerprint density at radius 1 is 1.08 bits per heavy atom. The van der Waals surface area contributed by atoms with Crippen LogP contribution in [-0.2, 0) is 16.4 Å². The number of hydrogen-bond acceptors (Lipinski definition) is 5. The van der Waals surface area contributed by atoms with E-state index in [1.54, 1.807) is 25.1 Å². The predicted octanol–water partition coefficient (Wildman–Crippen LogP) is 2.76. The van der Waals surface area contributed by atoms with Crippen molar-refractivity contribution in [2.45, 2.75) is 24.2 Å². The van der Waals surface area contributed by atoms with Crippen LogP contribution >= 0.6 is 0 Å². The molecule has 134 valence electrons. The minimum Gasteiger partial charge on any atom is -0.339 e. The molecule has 4 rings (SSSR count). The molecule has 0 spiro atoms. The standard InChI is InChI=1S/C19H19N3O3S/c1-14-7-5-6-10-17(14)26(23,24)22-12-16(13-22)19-20-18(21-25-19)11-15-8-3-2-4-9-15/h2-10,16H,11-13H2,1H3. The number of benzene rings is 2. The molecule has 2 heterocycles. The van der Waals surface area contributed by atoms with Gasteiger partial charge in [-0.1, -0.05) is 53.7 Å². The lowest BCUT2D eigenvalue weighted by molar-refractivity contribution is 0.216. The molecule has 26 heavy (non-hydrogen) atoms. The number of rotatable bonds is 5. The zero-order chi connectivity index (χ0) is 18.1. The first-order chi connectivity index (χ1) is 12.5. The molecule has 0 unspecified atom stereocenters. The highest BCUT2D eigenvalue weighted by atomic mass is 32.2. The van der Waals surface area contributed by atoms with Gasteiger partial charge in [0, 0.05) is 19.5 Å². The molecule has 0 radical (unpaired) electrons. The molecule has 6 nitrogen and oxygen atoms in total. The molecule has 2 aromatic carbocycles. The fourth-order valence-corrected chi connectivity index (χ4v) is 4.82. The van der Waals surface area contributed by atoms with Gasteiger partial charge < -0.3 is 4.52 Å². The molecule has 1 fully saturated rings. The SMILES string of the molecule is Cc1ccccc1S(=O)(=O)N1CC(c2nc(Cc3ccccc3)no2)C1. The Hall–Kier alpha value is -2.51. The van der Waals surface area contributed by atoms with Crippen LogP contribution in [0.3, 0.4) is 0 Å². The van der Waals surface area contributed by atoms with Crippen LogP contribution in [0.4, 0.5) is 0 Å². The van der Waals surface area contributed by atoms with E-state index in [4.69, 9.17) is 4.52 Å². The molecule has 0 saturated carbocycles. The third-order valence-electron chi connectivity index (χ3n) is 4.60. The monoisotopic (exact) mass is 369 g/mol. The molecule has 0 amide bonds. The average Bonchev–Trinajstić information content (AvgIpc) is 3.02. The van der Waals surface area contributed by atoms with Gasteiger partial charge in [0.1, 0.15) is 0 Å². The van der Waals surface area contributed by atoms with E-state index in [1.165, 1.54) is 4.31 Å². The van der Waals surface area contributed by atoms with Crippen molar-refractivity contribution in [3.05, 3.63) is 77.4 Å². The molecular weight excluding hydrogens is 350 g/mol. The van der Waals surface area contributed by atoms with E-state index >= 15 is 0 Å². The van der Waals surface area contributed by atoms with Gasteiger partial charge in [-0.05, 0) is 24.1 Å². The molecule has 0 atom stereocenters. The summed E-state index contributed by atoms with van der Waals surface area (Å²) in [6.45, 7) is 2.53. The summed E-state index contributed by atoms with van der Waals surface area (Å²) in [7, 11) is -3.47. The Balaban J connectivity index is 1.43. The molecule has 7 heteroatoms. The topological polar surface area (TPSA) is 76.3 Å².